The van der Waals surface area contributed by atoms with Crippen molar-refractivity contribution in [3.05, 3.63) is 182 Å². The van der Waals surface area contributed by atoms with E-state index in [4.69, 9.17) is 0 Å². The van der Waals surface area contributed by atoms with Crippen molar-refractivity contribution in [1.82, 2.24) is 9.13 Å². The minimum atomic E-state index is 1.15. The first-order valence-electron chi connectivity index (χ1n) is 16.5. The van der Waals surface area contributed by atoms with Gasteiger partial charge < -0.3 is 9.13 Å². The number of nitrogens with zero attached hydrogens (tertiary/aromatic N) is 2. The lowest BCUT2D eigenvalue weighted by Gasteiger charge is -2.12. The Morgan fingerprint density at radius 2 is 0.792 bits per heavy atom. The van der Waals surface area contributed by atoms with Crippen LogP contribution in [0.4, 0.5) is 0 Å². The van der Waals surface area contributed by atoms with Crippen LogP contribution < -0.4 is 0 Å². The lowest BCUT2D eigenvalue weighted by molar-refractivity contribution is 1.18. The fraction of sp³-hybridized carbons (Fsp3) is 0. The topological polar surface area (TPSA) is 9.86 Å². The Morgan fingerprint density at radius 3 is 1.54 bits per heavy atom. The second-order valence-corrected chi connectivity index (χ2v) is 12.6. The molecule has 10 rings (SSSR count). The third kappa shape index (κ3) is 4.06. The van der Waals surface area contributed by atoms with Crippen molar-refractivity contribution in [3.63, 3.8) is 0 Å². The molecule has 0 atom stereocenters. The van der Waals surface area contributed by atoms with Crippen molar-refractivity contribution >= 4 is 54.4 Å². The normalized spacial score (nSPS) is 11.8. The summed E-state index contributed by atoms with van der Waals surface area (Å²) in [4.78, 5) is 0. The molecule has 48 heavy (non-hydrogen) atoms. The maximum Gasteiger partial charge on any atom is 0.0549 e. The van der Waals surface area contributed by atoms with E-state index in [0.717, 1.165) is 5.69 Å². The first kappa shape index (κ1) is 26.8. The van der Waals surface area contributed by atoms with Gasteiger partial charge in [0.25, 0.3) is 0 Å². The van der Waals surface area contributed by atoms with E-state index in [0.29, 0.717) is 0 Å². The quantitative estimate of drug-likeness (QED) is 0.188. The van der Waals surface area contributed by atoms with E-state index in [2.05, 4.69) is 191 Å². The molecule has 0 aliphatic carbocycles. The summed E-state index contributed by atoms with van der Waals surface area (Å²) < 4.78 is 4.91. The highest BCUT2D eigenvalue weighted by molar-refractivity contribution is 6.19. The van der Waals surface area contributed by atoms with Crippen LogP contribution in [0.5, 0.6) is 0 Å². The van der Waals surface area contributed by atoms with Crippen molar-refractivity contribution in [3.8, 4) is 33.6 Å². The van der Waals surface area contributed by atoms with Crippen LogP contribution in [0.3, 0.4) is 0 Å². The van der Waals surface area contributed by atoms with Gasteiger partial charge in [0.1, 0.15) is 0 Å². The molecule has 2 aromatic heterocycles. The van der Waals surface area contributed by atoms with Crippen LogP contribution in [-0.2, 0) is 0 Å². The highest BCUT2D eigenvalue weighted by Gasteiger charge is 2.20. The van der Waals surface area contributed by atoms with Gasteiger partial charge in [-0.05, 0) is 70.1 Å². The van der Waals surface area contributed by atoms with E-state index in [1.165, 1.54) is 82.3 Å². The Bertz CT molecular complexity index is 2800. The van der Waals surface area contributed by atoms with Crippen molar-refractivity contribution in [2.75, 3.05) is 0 Å². The third-order valence-electron chi connectivity index (χ3n) is 9.91. The van der Waals surface area contributed by atoms with E-state index in [1.807, 2.05) is 0 Å². The molecule has 0 N–H and O–H groups in total. The highest BCUT2D eigenvalue weighted by atomic mass is 15.0. The largest absolute Gasteiger partial charge is 0.309 e. The predicted molar refractivity (Wildman–Crippen MR) is 203 cm³/mol. The van der Waals surface area contributed by atoms with Crippen molar-refractivity contribution in [2.45, 2.75) is 0 Å². The lowest BCUT2D eigenvalue weighted by atomic mass is 10.0. The standard InChI is InChI=1S/C46H30N2/c1-3-12-31(13-4-1)33-22-25-36(26-23-33)47-44-28-35(32-14-5-2-6-15-32)24-27-39(44)41-30-46-40(29-45(41)47)38-19-9-10-20-43(38)48(46)42-21-11-17-34-16-7-8-18-37(34)42/h1-30H. The Kier molecular flexibility index (Phi) is 5.91. The predicted octanol–water partition coefficient (Wildman–Crippen LogP) is 12.4. The van der Waals surface area contributed by atoms with Crippen LogP contribution in [0.2, 0.25) is 0 Å². The van der Waals surface area contributed by atoms with Gasteiger partial charge in [-0.1, -0.05) is 140 Å². The van der Waals surface area contributed by atoms with Gasteiger partial charge in [0.2, 0.25) is 0 Å². The minimum Gasteiger partial charge on any atom is -0.309 e. The summed E-state index contributed by atoms with van der Waals surface area (Å²) in [7, 11) is 0. The number of benzene rings is 8. The van der Waals surface area contributed by atoms with Gasteiger partial charge in [-0.25, -0.2) is 0 Å². The van der Waals surface area contributed by atoms with Gasteiger partial charge in [0, 0.05) is 32.6 Å². The lowest BCUT2D eigenvalue weighted by Crippen LogP contribution is -1.96. The minimum absolute atomic E-state index is 1.15. The van der Waals surface area contributed by atoms with Crippen LogP contribution in [0.15, 0.2) is 182 Å². The van der Waals surface area contributed by atoms with Gasteiger partial charge in [-0.15, -0.1) is 0 Å². The van der Waals surface area contributed by atoms with Crippen LogP contribution in [0.1, 0.15) is 0 Å². The molecule has 8 aromatic carbocycles. The zero-order chi connectivity index (χ0) is 31.6. The molecule has 2 heteroatoms. The summed E-state index contributed by atoms with van der Waals surface area (Å²) in [6.07, 6.45) is 0. The number of fused-ring (bicyclic) bond motifs is 7. The van der Waals surface area contributed by atoms with Crippen LogP contribution in [-0.4, -0.2) is 9.13 Å². The Labute approximate surface area is 278 Å². The molecule has 0 saturated carbocycles. The smallest absolute Gasteiger partial charge is 0.0549 e. The average molecular weight is 611 g/mol. The second kappa shape index (κ2) is 10.6. The summed E-state index contributed by atoms with van der Waals surface area (Å²) in [5.41, 5.74) is 12.0. The summed E-state index contributed by atoms with van der Waals surface area (Å²) >= 11 is 0. The maximum absolute atomic E-state index is 2.46. The summed E-state index contributed by atoms with van der Waals surface area (Å²) in [6.45, 7) is 0. The van der Waals surface area contributed by atoms with E-state index >= 15 is 0 Å². The van der Waals surface area contributed by atoms with Gasteiger partial charge in [0.15, 0.2) is 0 Å². The van der Waals surface area contributed by atoms with Gasteiger partial charge in [-0.3, -0.25) is 0 Å². The van der Waals surface area contributed by atoms with Gasteiger partial charge in [-0.2, -0.15) is 0 Å². The molecule has 0 unspecified atom stereocenters. The zero-order valence-electron chi connectivity index (χ0n) is 26.2. The molecule has 0 amide bonds. The molecule has 2 heterocycles. The first-order valence-corrected chi connectivity index (χ1v) is 16.5. The average Bonchev–Trinajstić information content (AvgIpc) is 3.66. The van der Waals surface area contributed by atoms with Crippen LogP contribution in [0, 0.1) is 0 Å². The summed E-state index contributed by atoms with van der Waals surface area (Å²) in [6, 6.07) is 66.2. The van der Waals surface area contributed by atoms with E-state index in [1.54, 1.807) is 0 Å². The van der Waals surface area contributed by atoms with Crippen molar-refractivity contribution < 1.29 is 0 Å². The number of para-hydroxylation sites is 1. The monoisotopic (exact) mass is 610 g/mol. The zero-order valence-corrected chi connectivity index (χ0v) is 26.2. The summed E-state index contributed by atoms with van der Waals surface area (Å²) in [5, 5.41) is 7.48. The Balaban J connectivity index is 1.30. The fourth-order valence-electron chi connectivity index (χ4n) is 7.66. The van der Waals surface area contributed by atoms with E-state index in [-0.39, 0.29) is 0 Å². The van der Waals surface area contributed by atoms with Crippen molar-refractivity contribution in [1.29, 1.82) is 0 Å². The fourth-order valence-corrected chi connectivity index (χ4v) is 7.66. The molecule has 0 bridgehead atoms. The number of aromatic nitrogens is 2. The molecular weight excluding hydrogens is 581 g/mol. The number of hydrogen-bond acceptors (Lipinski definition) is 0. The first-order chi connectivity index (χ1) is 23.8. The third-order valence-corrected chi connectivity index (χ3v) is 9.91. The Morgan fingerprint density at radius 1 is 0.271 bits per heavy atom. The maximum atomic E-state index is 2.46. The molecule has 0 aliphatic rings. The molecule has 0 fully saturated rings. The molecule has 2 nitrogen and oxygen atoms in total. The molecule has 0 spiro atoms. The number of rotatable bonds is 4. The SMILES string of the molecule is c1ccc(-c2ccc(-n3c4cc(-c5ccccc5)ccc4c4cc5c(cc43)c3ccccc3n5-c3cccc4ccccc34)cc2)cc1. The van der Waals surface area contributed by atoms with Gasteiger partial charge in [0.05, 0.1) is 27.8 Å². The molecular formula is C46H30N2. The van der Waals surface area contributed by atoms with Gasteiger partial charge >= 0.3 is 0 Å². The van der Waals surface area contributed by atoms with Crippen LogP contribution >= 0.6 is 0 Å². The van der Waals surface area contributed by atoms with E-state index < -0.39 is 0 Å². The molecule has 0 radical (unpaired) electrons. The molecule has 10 aromatic rings. The second-order valence-electron chi connectivity index (χ2n) is 12.6. The van der Waals surface area contributed by atoms with Crippen molar-refractivity contribution in [2.24, 2.45) is 0 Å². The molecule has 0 saturated heterocycles. The highest BCUT2D eigenvalue weighted by Crippen LogP contribution is 2.41. The van der Waals surface area contributed by atoms with E-state index in [9.17, 15) is 0 Å². The Hall–Kier alpha value is -6.38. The molecule has 224 valence electrons. The summed E-state index contributed by atoms with van der Waals surface area (Å²) in [5.74, 6) is 0. The van der Waals surface area contributed by atoms with Crippen LogP contribution in [0.25, 0.3) is 88.0 Å². The number of hydrogen-bond donors (Lipinski definition) is 0. The molecule has 0 aliphatic heterocycles.